The molecule has 2 aromatic rings. The fourth-order valence-electron chi connectivity index (χ4n) is 3.48. The van der Waals surface area contributed by atoms with Gasteiger partial charge in [0.1, 0.15) is 5.75 Å². The highest BCUT2D eigenvalue weighted by molar-refractivity contribution is 7.89. The standard InChI is InChI=1S/C19H26N4O5S/c1-21-13-17(18(24)22(2)19(21)25)29(26,27)20-16(12-23-10-4-5-11-23)14-6-8-15(28-3)9-7-14/h6-9,13,16,20H,4-5,10-12H2,1-3H3/t16-/m1/s1. The number of aryl methyl sites for hydroxylation is 1. The quantitative estimate of drug-likeness (QED) is 0.684. The van der Waals surface area contributed by atoms with Crippen molar-refractivity contribution in [2.45, 2.75) is 23.8 Å². The SMILES string of the molecule is COc1ccc([C@@H](CN2CCCC2)NS(=O)(=O)c2cn(C)c(=O)n(C)c2=O)cc1. The monoisotopic (exact) mass is 422 g/mol. The van der Waals surface area contributed by atoms with Crippen LogP contribution in [0.1, 0.15) is 24.4 Å². The van der Waals surface area contributed by atoms with Gasteiger partial charge in [0, 0.05) is 26.8 Å². The van der Waals surface area contributed by atoms with E-state index >= 15 is 0 Å². The van der Waals surface area contributed by atoms with Crippen LogP contribution in [0, 0.1) is 0 Å². The van der Waals surface area contributed by atoms with E-state index in [-0.39, 0.29) is 0 Å². The van der Waals surface area contributed by atoms with Crippen LogP contribution in [0.2, 0.25) is 0 Å². The Morgan fingerprint density at radius 3 is 2.31 bits per heavy atom. The Balaban J connectivity index is 1.97. The van der Waals surface area contributed by atoms with Gasteiger partial charge in [-0.2, -0.15) is 0 Å². The van der Waals surface area contributed by atoms with E-state index in [2.05, 4.69) is 9.62 Å². The number of likely N-dealkylation sites (tertiary alicyclic amines) is 1. The van der Waals surface area contributed by atoms with Gasteiger partial charge in [-0.1, -0.05) is 12.1 Å². The van der Waals surface area contributed by atoms with E-state index in [4.69, 9.17) is 4.74 Å². The molecule has 0 bridgehead atoms. The molecule has 10 heteroatoms. The number of rotatable bonds is 7. The second-order valence-electron chi connectivity index (χ2n) is 7.21. The minimum atomic E-state index is -4.16. The van der Waals surface area contributed by atoms with Gasteiger partial charge in [0.25, 0.3) is 5.56 Å². The third-order valence-corrected chi connectivity index (χ3v) is 6.61. The molecule has 1 aliphatic heterocycles. The molecular formula is C19H26N4O5S. The summed E-state index contributed by atoms with van der Waals surface area (Å²) in [4.78, 5) is 26.1. The van der Waals surface area contributed by atoms with Crippen LogP contribution in [0.4, 0.5) is 0 Å². The summed E-state index contributed by atoms with van der Waals surface area (Å²) in [5.41, 5.74) is -0.670. The number of hydrogen-bond acceptors (Lipinski definition) is 6. The zero-order chi connectivity index (χ0) is 21.2. The van der Waals surface area contributed by atoms with Gasteiger partial charge in [-0.25, -0.2) is 17.9 Å². The van der Waals surface area contributed by atoms with Crippen molar-refractivity contribution in [1.29, 1.82) is 0 Å². The van der Waals surface area contributed by atoms with Gasteiger partial charge >= 0.3 is 5.69 Å². The number of ether oxygens (including phenoxy) is 1. The van der Waals surface area contributed by atoms with Crippen molar-refractivity contribution in [2.75, 3.05) is 26.7 Å². The van der Waals surface area contributed by atoms with Gasteiger partial charge in [-0.15, -0.1) is 0 Å². The Kier molecular flexibility index (Phi) is 6.25. The fourth-order valence-corrected chi connectivity index (χ4v) is 4.86. The van der Waals surface area contributed by atoms with Crippen LogP contribution >= 0.6 is 0 Å². The van der Waals surface area contributed by atoms with E-state index in [1.54, 1.807) is 31.4 Å². The topological polar surface area (TPSA) is 103 Å². The van der Waals surface area contributed by atoms with Gasteiger partial charge in [0.2, 0.25) is 10.0 Å². The van der Waals surface area contributed by atoms with Crippen molar-refractivity contribution >= 4 is 10.0 Å². The fraction of sp³-hybridized carbons (Fsp3) is 0.474. The first-order chi connectivity index (χ1) is 13.7. The molecule has 1 saturated heterocycles. The summed E-state index contributed by atoms with van der Waals surface area (Å²) in [6, 6.07) is 6.60. The molecule has 0 unspecified atom stereocenters. The normalized spacial score (nSPS) is 16.1. The minimum Gasteiger partial charge on any atom is -0.497 e. The van der Waals surface area contributed by atoms with Crippen molar-refractivity contribution in [2.24, 2.45) is 14.1 Å². The van der Waals surface area contributed by atoms with Crippen molar-refractivity contribution < 1.29 is 13.2 Å². The first kappa shape index (κ1) is 21.3. The van der Waals surface area contributed by atoms with Crippen LogP contribution in [0.5, 0.6) is 5.75 Å². The number of hydrogen-bond donors (Lipinski definition) is 1. The smallest absolute Gasteiger partial charge is 0.330 e. The number of aromatic nitrogens is 2. The molecule has 2 heterocycles. The summed E-state index contributed by atoms with van der Waals surface area (Å²) < 4.78 is 35.9. The van der Waals surface area contributed by atoms with E-state index in [0.717, 1.165) is 46.8 Å². The highest BCUT2D eigenvalue weighted by Gasteiger charge is 2.28. The number of nitrogens with zero attached hydrogens (tertiary/aromatic N) is 3. The molecule has 0 saturated carbocycles. The molecule has 1 aromatic carbocycles. The molecular weight excluding hydrogens is 396 g/mol. The van der Waals surface area contributed by atoms with Crippen molar-refractivity contribution in [1.82, 2.24) is 18.8 Å². The lowest BCUT2D eigenvalue weighted by Gasteiger charge is -2.25. The van der Waals surface area contributed by atoms with Crippen LogP contribution in [-0.4, -0.2) is 49.2 Å². The molecule has 1 atom stereocenters. The molecule has 1 N–H and O–H groups in total. The van der Waals surface area contributed by atoms with E-state index in [9.17, 15) is 18.0 Å². The molecule has 9 nitrogen and oxygen atoms in total. The molecule has 29 heavy (non-hydrogen) atoms. The number of benzene rings is 1. The predicted molar refractivity (Wildman–Crippen MR) is 109 cm³/mol. The Hall–Kier alpha value is -2.43. The molecule has 0 amide bonds. The second kappa shape index (κ2) is 8.52. The summed E-state index contributed by atoms with van der Waals surface area (Å²) in [5, 5.41) is 0. The average molecular weight is 423 g/mol. The largest absolute Gasteiger partial charge is 0.497 e. The van der Waals surface area contributed by atoms with Crippen molar-refractivity contribution in [3.05, 3.63) is 56.9 Å². The van der Waals surface area contributed by atoms with E-state index < -0.39 is 32.2 Å². The molecule has 1 aromatic heterocycles. The molecule has 158 valence electrons. The Bertz CT molecular complexity index is 1080. The van der Waals surface area contributed by atoms with Crippen LogP contribution in [0.3, 0.4) is 0 Å². The van der Waals surface area contributed by atoms with Crippen LogP contribution in [0.15, 0.2) is 44.9 Å². The van der Waals surface area contributed by atoms with Gasteiger partial charge in [0.05, 0.1) is 13.2 Å². The Morgan fingerprint density at radius 2 is 1.72 bits per heavy atom. The van der Waals surface area contributed by atoms with Crippen LogP contribution < -0.4 is 20.7 Å². The second-order valence-corrected chi connectivity index (χ2v) is 8.89. The highest BCUT2D eigenvalue weighted by atomic mass is 32.2. The zero-order valence-corrected chi connectivity index (χ0v) is 17.6. The van der Waals surface area contributed by atoms with Crippen molar-refractivity contribution in [3.63, 3.8) is 0 Å². The van der Waals surface area contributed by atoms with Gasteiger partial charge < -0.3 is 14.2 Å². The molecule has 1 aliphatic rings. The summed E-state index contributed by atoms with van der Waals surface area (Å²) >= 11 is 0. The summed E-state index contributed by atoms with van der Waals surface area (Å²) in [6.45, 7) is 2.28. The first-order valence-electron chi connectivity index (χ1n) is 9.38. The van der Waals surface area contributed by atoms with Crippen LogP contribution in [0.25, 0.3) is 0 Å². The van der Waals surface area contributed by atoms with Crippen LogP contribution in [-0.2, 0) is 24.1 Å². The Labute approximate surface area is 169 Å². The lowest BCUT2D eigenvalue weighted by atomic mass is 10.1. The van der Waals surface area contributed by atoms with Gasteiger partial charge in [0.15, 0.2) is 4.90 Å². The number of methoxy groups -OCH3 is 1. The Morgan fingerprint density at radius 1 is 1.10 bits per heavy atom. The molecule has 0 radical (unpaired) electrons. The first-order valence-corrected chi connectivity index (χ1v) is 10.9. The average Bonchev–Trinajstić information content (AvgIpc) is 3.21. The van der Waals surface area contributed by atoms with E-state index in [1.165, 1.54) is 14.1 Å². The predicted octanol–water partition coefficient (Wildman–Crippen LogP) is 0.208. The highest BCUT2D eigenvalue weighted by Crippen LogP contribution is 2.22. The third-order valence-electron chi connectivity index (χ3n) is 5.16. The third kappa shape index (κ3) is 4.60. The van der Waals surface area contributed by atoms with Gasteiger partial charge in [-0.05, 0) is 43.6 Å². The lowest BCUT2D eigenvalue weighted by Crippen LogP contribution is -2.43. The summed E-state index contributed by atoms with van der Waals surface area (Å²) in [5.74, 6) is 0.670. The summed E-state index contributed by atoms with van der Waals surface area (Å²) in [6.07, 6.45) is 3.21. The molecule has 3 rings (SSSR count). The summed E-state index contributed by atoms with van der Waals surface area (Å²) in [7, 11) is 0.0735. The lowest BCUT2D eigenvalue weighted by molar-refractivity contribution is 0.307. The van der Waals surface area contributed by atoms with Crippen molar-refractivity contribution in [3.8, 4) is 5.75 Å². The molecule has 0 aliphatic carbocycles. The molecule has 1 fully saturated rings. The maximum absolute atomic E-state index is 13.1. The zero-order valence-electron chi connectivity index (χ0n) is 16.8. The maximum Gasteiger partial charge on any atom is 0.330 e. The van der Waals surface area contributed by atoms with E-state index in [1.807, 2.05) is 0 Å². The van der Waals surface area contributed by atoms with E-state index in [0.29, 0.717) is 12.3 Å². The van der Waals surface area contributed by atoms with Gasteiger partial charge in [-0.3, -0.25) is 9.36 Å². The maximum atomic E-state index is 13.1. The minimum absolute atomic E-state index is 0.456. The number of nitrogens with one attached hydrogen (secondary N) is 1. The molecule has 0 spiro atoms. The number of sulfonamides is 1.